The molecular weight excluding hydrogens is 146 g/mol. The molecule has 0 amide bonds. The minimum Gasteiger partial charge on any atom is -0.452 e. The van der Waals surface area contributed by atoms with Crippen LogP contribution in [0.15, 0.2) is 23.3 Å². The summed E-state index contributed by atoms with van der Waals surface area (Å²) in [6, 6.07) is 0. The summed E-state index contributed by atoms with van der Waals surface area (Å²) in [7, 11) is 0. The van der Waals surface area contributed by atoms with Crippen molar-refractivity contribution in [3.63, 3.8) is 0 Å². The van der Waals surface area contributed by atoms with Gasteiger partial charge in [-0.05, 0) is 6.42 Å². The van der Waals surface area contributed by atoms with Crippen molar-refractivity contribution in [2.75, 3.05) is 20.0 Å². The molecule has 0 aromatic carbocycles. The second-order valence-corrected chi connectivity index (χ2v) is 1.96. The van der Waals surface area contributed by atoms with Gasteiger partial charge in [0.25, 0.3) is 0 Å². The SMILES string of the molecule is C1COCOC1.c1cocn1. The lowest BCUT2D eigenvalue weighted by molar-refractivity contribution is -0.0963. The maximum absolute atomic E-state index is 4.85. The highest BCUT2D eigenvalue weighted by molar-refractivity contribution is 4.56. The van der Waals surface area contributed by atoms with Crippen molar-refractivity contribution in [2.45, 2.75) is 6.42 Å². The van der Waals surface area contributed by atoms with Crippen LogP contribution in [0.3, 0.4) is 0 Å². The number of ether oxygens (including phenoxy) is 2. The van der Waals surface area contributed by atoms with Gasteiger partial charge in [-0.25, -0.2) is 4.98 Å². The van der Waals surface area contributed by atoms with Gasteiger partial charge in [0.05, 0.1) is 19.4 Å². The summed E-state index contributed by atoms with van der Waals surface area (Å²) in [5.74, 6) is 0. The van der Waals surface area contributed by atoms with E-state index in [4.69, 9.17) is 9.47 Å². The lowest BCUT2D eigenvalue weighted by atomic mass is 10.5. The van der Waals surface area contributed by atoms with E-state index in [-0.39, 0.29) is 0 Å². The number of hydrogen-bond acceptors (Lipinski definition) is 4. The topological polar surface area (TPSA) is 44.5 Å². The number of rotatable bonds is 0. The average molecular weight is 157 g/mol. The van der Waals surface area contributed by atoms with Crippen molar-refractivity contribution in [3.8, 4) is 0 Å². The Kier molecular flexibility index (Phi) is 4.40. The van der Waals surface area contributed by atoms with E-state index in [0.29, 0.717) is 6.79 Å². The standard InChI is InChI=1S/C4H8O2.C3H3NO/c1-2-5-4-6-3-1;1-2-5-3-4-1/h1-4H2;1-3H. The van der Waals surface area contributed by atoms with E-state index in [2.05, 4.69) is 9.40 Å². The van der Waals surface area contributed by atoms with Crippen molar-refractivity contribution in [3.05, 3.63) is 18.9 Å². The highest BCUT2D eigenvalue weighted by Crippen LogP contribution is 1.91. The fourth-order valence-corrected chi connectivity index (χ4v) is 0.616. The van der Waals surface area contributed by atoms with Gasteiger partial charge in [0.1, 0.15) is 13.1 Å². The second kappa shape index (κ2) is 5.88. The van der Waals surface area contributed by atoms with Gasteiger partial charge in [0, 0.05) is 0 Å². The Morgan fingerprint density at radius 1 is 1.18 bits per heavy atom. The third-order valence-electron chi connectivity index (χ3n) is 1.09. The molecule has 0 radical (unpaired) electrons. The van der Waals surface area contributed by atoms with E-state index in [1.54, 1.807) is 6.20 Å². The van der Waals surface area contributed by atoms with Crippen LogP contribution in [0.2, 0.25) is 0 Å². The average Bonchev–Trinajstić information content (AvgIpc) is 2.64. The first-order valence-electron chi connectivity index (χ1n) is 3.48. The monoisotopic (exact) mass is 157 g/mol. The zero-order chi connectivity index (χ0) is 7.78. The highest BCUT2D eigenvalue weighted by Gasteiger charge is 1.94. The number of nitrogens with zero attached hydrogens (tertiary/aromatic N) is 1. The van der Waals surface area contributed by atoms with E-state index >= 15 is 0 Å². The first-order chi connectivity index (χ1) is 5.50. The Morgan fingerprint density at radius 3 is 2.18 bits per heavy atom. The Labute approximate surface area is 65.1 Å². The summed E-state index contributed by atoms with van der Waals surface area (Å²) in [6.07, 6.45) is 5.53. The van der Waals surface area contributed by atoms with Crippen molar-refractivity contribution in [1.29, 1.82) is 0 Å². The molecule has 1 fully saturated rings. The normalized spacial score (nSPS) is 16.7. The molecule has 4 heteroatoms. The van der Waals surface area contributed by atoms with Crippen LogP contribution in [0, 0.1) is 0 Å². The third-order valence-corrected chi connectivity index (χ3v) is 1.09. The summed E-state index contributed by atoms with van der Waals surface area (Å²) in [5, 5.41) is 0. The van der Waals surface area contributed by atoms with Crippen LogP contribution >= 0.6 is 0 Å². The fourth-order valence-electron chi connectivity index (χ4n) is 0.616. The summed E-state index contributed by atoms with van der Waals surface area (Å²) in [6.45, 7) is 2.25. The van der Waals surface area contributed by atoms with Crippen LogP contribution in [0.5, 0.6) is 0 Å². The summed E-state index contributed by atoms with van der Waals surface area (Å²) >= 11 is 0. The molecule has 1 aliphatic rings. The number of aromatic nitrogens is 1. The lowest BCUT2D eigenvalue weighted by Crippen LogP contribution is -2.11. The minimum atomic E-state index is 0.500. The fraction of sp³-hybridized carbons (Fsp3) is 0.571. The molecule has 1 saturated heterocycles. The molecule has 0 bridgehead atoms. The number of hydrogen-bond donors (Lipinski definition) is 0. The van der Waals surface area contributed by atoms with Gasteiger partial charge in [-0.15, -0.1) is 0 Å². The zero-order valence-corrected chi connectivity index (χ0v) is 6.23. The molecule has 2 rings (SSSR count). The Morgan fingerprint density at radius 2 is 2.00 bits per heavy atom. The summed E-state index contributed by atoms with van der Waals surface area (Å²) in [5.41, 5.74) is 0. The molecule has 1 aromatic heterocycles. The number of oxazole rings is 1. The molecule has 4 nitrogen and oxygen atoms in total. The predicted octanol–water partition coefficient (Wildman–Crippen LogP) is 1.06. The molecule has 1 aromatic rings. The summed E-state index contributed by atoms with van der Waals surface area (Å²) in [4.78, 5) is 3.56. The van der Waals surface area contributed by atoms with Gasteiger partial charge in [0.2, 0.25) is 0 Å². The van der Waals surface area contributed by atoms with Gasteiger partial charge < -0.3 is 13.9 Å². The molecule has 0 saturated carbocycles. The molecule has 1 aliphatic heterocycles. The second-order valence-electron chi connectivity index (χ2n) is 1.96. The van der Waals surface area contributed by atoms with E-state index in [1.165, 1.54) is 12.7 Å². The van der Waals surface area contributed by atoms with Crippen LogP contribution in [0.1, 0.15) is 6.42 Å². The summed E-state index contributed by atoms with van der Waals surface area (Å²) < 4.78 is 14.2. The first kappa shape index (κ1) is 8.23. The van der Waals surface area contributed by atoms with Crippen LogP contribution in [0.4, 0.5) is 0 Å². The molecule has 0 aliphatic carbocycles. The van der Waals surface area contributed by atoms with Crippen molar-refractivity contribution >= 4 is 0 Å². The van der Waals surface area contributed by atoms with Gasteiger partial charge in [-0.2, -0.15) is 0 Å². The van der Waals surface area contributed by atoms with Gasteiger partial charge >= 0.3 is 0 Å². The Balaban J connectivity index is 0.000000112. The molecule has 0 atom stereocenters. The van der Waals surface area contributed by atoms with E-state index in [0.717, 1.165) is 19.6 Å². The van der Waals surface area contributed by atoms with Crippen LogP contribution in [-0.2, 0) is 9.47 Å². The predicted molar refractivity (Wildman–Crippen MR) is 37.9 cm³/mol. The largest absolute Gasteiger partial charge is 0.452 e. The van der Waals surface area contributed by atoms with Gasteiger partial charge in [-0.1, -0.05) is 0 Å². The molecule has 11 heavy (non-hydrogen) atoms. The van der Waals surface area contributed by atoms with Crippen LogP contribution in [-0.4, -0.2) is 25.0 Å². The molecule has 0 unspecified atom stereocenters. The lowest BCUT2D eigenvalue weighted by Gasteiger charge is -2.09. The van der Waals surface area contributed by atoms with Gasteiger partial charge in [-0.3, -0.25) is 0 Å². The minimum absolute atomic E-state index is 0.500. The maximum Gasteiger partial charge on any atom is 0.180 e. The van der Waals surface area contributed by atoms with Crippen molar-refractivity contribution in [1.82, 2.24) is 4.98 Å². The highest BCUT2D eigenvalue weighted by atomic mass is 16.7. The van der Waals surface area contributed by atoms with Crippen molar-refractivity contribution in [2.24, 2.45) is 0 Å². The first-order valence-corrected chi connectivity index (χ1v) is 3.48. The quantitative estimate of drug-likeness (QED) is 0.564. The van der Waals surface area contributed by atoms with E-state index in [1.807, 2.05) is 0 Å². The van der Waals surface area contributed by atoms with Gasteiger partial charge in [0.15, 0.2) is 6.39 Å². The zero-order valence-electron chi connectivity index (χ0n) is 6.23. The van der Waals surface area contributed by atoms with E-state index < -0.39 is 0 Å². The molecular formula is C7H11NO3. The Hall–Kier alpha value is -0.870. The smallest absolute Gasteiger partial charge is 0.180 e. The Bertz CT molecular complexity index is 120. The molecule has 0 spiro atoms. The van der Waals surface area contributed by atoms with Crippen LogP contribution < -0.4 is 0 Å². The molecule has 2 heterocycles. The van der Waals surface area contributed by atoms with Crippen molar-refractivity contribution < 1.29 is 13.9 Å². The molecule has 0 N–H and O–H groups in total. The maximum atomic E-state index is 4.85. The van der Waals surface area contributed by atoms with Crippen LogP contribution in [0.25, 0.3) is 0 Å². The third kappa shape index (κ3) is 4.52. The van der Waals surface area contributed by atoms with E-state index in [9.17, 15) is 0 Å². The molecule has 62 valence electrons.